The highest BCUT2D eigenvalue weighted by molar-refractivity contribution is 4.71. The molecule has 1 fully saturated rings. The Morgan fingerprint density at radius 1 is 0.737 bits per heavy atom. The smallest absolute Gasteiger partial charge is 0.0388 e. The first-order chi connectivity index (χ1) is 9.34. The molecule has 1 atom stereocenters. The molecule has 0 aromatic rings. The van der Waals surface area contributed by atoms with E-state index >= 15 is 0 Å². The Balaban J connectivity index is 1.84. The lowest BCUT2D eigenvalue weighted by molar-refractivity contribution is 0.247. The van der Waals surface area contributed by atoms with E-state index in [-0.39, 0.29) is 0 Å². The first-order valence-corrected chi connectivity index (χ1v) is 9.34. The summed E-state index contributed by atoms with van der Waals surface area (Å²) in [6.07, 6.45) is 22.3. The molecule has 0 heteroatoms. The molecule has 0 radical (unpaired) electrons. The van der Waals surface area contributed by atoms with E-state index in [9.17, 15) is 0 Å². The molecule has 0 aromatic carbocycles. The van der Waals surface area contributed by atoms with Gasteiger partial charge in [-0.3, -0.25) is 0 Å². The van der Waals surface area contributed by atoms with E-state index in [0.717, 1.165) is 11.8 Å². The van der Waals surface area contributed by atoms with Crippen LogP contribution in [0.25, 0.3) is 0 Å². The van der Waals surface area contributed by atoms with Gasteiger partial charge in [0.25, 0.3) is 0 Å². The minimum Gasteiger partial charge on any atom is -0.0654 e. The normalized spacial score (nSPS) is 18.6. The van der Waals surface area contributed by atoms with Crippen LogP contribution >= 0.6 is 0 Å². The second-order valence-corrected chi connectivity index (χ2v) is 6.99. The Bertz CT molecular complexity index is 178. The number of unbranched alkanes of at least 4 members (excludes halogenated alkanes) is 8. The molecule has 0 spiro atoms. The Hall–Kier alpha value is 0. The standard InChI is InChI=1S/C19H38/c1-3-4-5-6-7-8-9-10-12-15-18(2)19-16-13-11-14-17-19/h18-19H,3-17H2,1-2H3. The zero-order valence-corrected chi connectivity index (χ0v) is 13.8. The summed E-state index contributed by atoms with van der Waals surface area (Å²) in [5.41, 5.74) is 0. The van der Waals surface area contributed by atoms with Crippen molar-refractivity contribution in [2.75, 3.05) is 0 Å². The fraction of sp³-hybridized carbons (Fsp3) is 1.00. The third-order valence-corrected chi connectivity index (χ3v) is 5.22. The average Bonchev–Trinajstić information content (AvgIpc) is 2.46. The molecule has 1 saturated carbocycles. The fourth-order valence-corrected chi connectivity index (χ4v) is 3.72. The molecular formula is C19H38. The van der Waals surface area contributed by atoms with Crippen LogP contribution in [0.1, 0.15) is 110 Å². The molecule has 0 nitrogen and oxygen atoms in total. The minimum atomic E-state index is 1.00. The zero-order chi connectivity index (χ0) is 13.8. The van der Waals surface area contributed by atoms with Gasteiger partial charge in [-0.25, -0.2) is 0 Å². The maximum Gasteiger partial charge on any atom is -0.0388 e. The molecule has 1 unspecified atom stereocenters. The summed E-state index contributed by atoms with van der Waals surface area (Å²) in [5, 5.41) is 0. The van der Waals surface area contributed by atoms with Crippen molar-refractivity contribution in [2.45, 2.75) is 110 Å². The molecule has 1 aliphatic carbocycles. The summed E-state index contributed by atoms with van der Waals surface area (Å²) in [7, 11) is 0. The molecule has 0 saturated heterocycles. The third-order valence-electron chi connectivity index (χ3n) is 5.22. The average molecular weight is 267 g/mol. The van der Waals surface area contributed by atoms with Crippen molar-refractivity contribution < 1.29 is 0 Å². The van der Waals surface area contributed by atoms with E-state index in [0.29, 0.717) is 0 Å². The lowest BCUT2D eigenvalue weighted by Crippen LogP contribution is -2.15. The predicted octanol–water partition coefficient (Wildman–Crippen LogP) is 7.12. The van der Waals surface area contributed by atoms with Gasteiger partial charge in [0, 0.05) is 0 Å². The summed E-state index contributed by atoms with van der Waals surface area (Å²) in [4.78, 5) is 0. The highest BCUT2D eigenvalue weighted by atomic mass is 14.2. The quantitative estimate of drug-likeness (QED) is 0.349. The van der Waals surface area contributed by atoms with Gasteiger partial charge < -0.3 is 0 Å². The van der Waals surface area contributed by atoms with Crippen LogP contribution in [0.5, 0.6) is 0 Å². The van der Waals surface area contributed by atoms with E-state index in [2.05, 4.69) is 13.8 Å². The topological polar surface area (TPSA) is 0 Å². The summed E-state index contributed by atoms with van der Waals surface area (Å²) < 4.78 is 0. The van der Waals surface area contributed by atoms with E-state index < -0.39 is 0 Å². The summed E-state index contributed by atoms with van der Waals surface area (Å²) in [6.45, 7) is 4.81. The molecule has 19 heavy (non-hydrogen) atoms. The highest BCUT2D eigenvalue weighted by Gasteiger charge is 2.19. The molecule has 0 aliphatic heterocycles. The van der Waals surface area contributed by atoms with Crippen LogP contribution in [0.2, 0.25) is 0 Å². The number of rotatable bonds is 11. The Labute approximate surface area is 122 Å². The molecule has 1 rings (SSSR count). The monoisotopic (exact) mass is 266 g/mol. The van der Waals surface area contributed by atoms with Gasteiger partial charge in [-0.2, -0.15) is 0 Å². The van der Waals surface area contributed by atoms with Crippen molar-refractivity contribution in [2.24, 2.45) is 11.8 Å². The van der Waals surface area contributed by atoms with Crippen molar-refractivity contribution in [3.63, 3.8) is 0 Å². The van der Waals surface area contributed by atoms with Crippen LogP contribution in [0.4, 0.5) is 0 Å². The lowest BCUT2D eigenvalue weighted by atomic mass is 9.79. The fourth-order valence-electron chi connectivity index (χ4n) is 3.72. The van der Waals surface area contributed by atoms with Gasteiger partial charge >= 0.3 is 0 Å². The van der Waals surface area contributed by atoms with Crippen molar-refractivity contribution in [1.82, 2.24) is 0 Å². The maximum atomic E-state index is 2.51. The molecular weight excluding hydrogens is 228 g/mol. The minimum absolute atomic E-state index is 1.00. The van der Waals surface area contributed by atoms with Crippen molar-refractivity contribution in [3.05, 3.63) is 0 Å². The van der Waals surface area contributed by atoms with E-state index in [4.69, 9.17) is 0 Å². The van der Waals surface area contributed by atoms with Gasteiger partial charge in [0.15, 0.2) is 0 Å². The van der Waals surface area contributed by atoms with Gasteiger partial charge in [0.05, 0.1) is 0 Å². The molecule has 0 aromatic heterocycles. The van der Waals surface area contributed by atoms with Crippen molar-refractivity contribution in [1.29, 1.82) is 0 Å². The van der Waals surface area contributed by atoms with Gasteiger partial charge in [0.2, 0.25) is 0 Å². The van der Waals surface area contributed by atoms with Crippen LogP contribution in [-0.2, 0) is 0 Å². The SMILES string of the molecule is CCCCCCCCCCCC(C)C1CCCCC1. The van der Waals surface area contributed by atoms with Crippen LogP contribution < -0.4 is 0 Å². The Morgan fingerprint density at radius 3 is 1.84 bits per heavy atom. The van der Waals surface area contributed by atoms with Gasteiger partial charge in [0.1, 0.15) is 0 Å². The van der Waals surface area contributed by atoms with Gasteiger partial charge in [-0.05, 0) is 11.8 Å². The van der Waals surface area contributed by atoms with Gasteiger partial charge in [-0.15, -0.1) is 0 Å². The first-order valence-electron chi connectivity index (χ1n) is 9.34. The highest BCUT2D eigenvalue weighted by Crippen LogP contribution is 2.32. The largest absolute Gasteiger partial charge is 0.0654 e. The summed E-state index contributed by atoms with van der Waals surface area (Å²) in [6, 6.07) is 0. The van der Waals surface area contributed by atoms with Crippen molar-refractivity contribution in [3.8, 4) is 0 Å². The second kappa shape index (κ2) is 11.8. The molecule has 0 heterocycles. The van der Waals surface area contributed by atoms with Crippen LogP contribution in [0, 0.1) is 11.8 Å². The van der Waals surface area contributed by atoms with E-state index in [1.807, 2.05) is 0 Å². The summed E-state index contributed by atoms with van der Waals surface area (Å²) in [5.74, 6) is 2.08. The van der Waals surface area contributed by atoms with Gasteiger partial charge in [-0.1, -0.05) is 110 Å². The Kier molecular flexibility index (Phi) is 10.6. The predicted molar refractivity (Wildman–Crippen MR) is 87.6 cm³/mol. The van der Waals surface area contributed by atoms with Crippen LogP contribution in [-0.4, -0.2) is 0 Å². The molecule has 0 N–H and O–H groups in total. The molecule has 0 amide bonds. The third kappa shape index (κ3) is 8.71. The molecule has 0 bridgehead atoms. The zero-order valence-electron chi connectivity index (χ0n) is 13.8. The van der Waals surface area contributed by atoms with E-state index in [1.165, 1.54) is 96.3 Å². The Morgan fingerprint density at radius 2 is 1.26 bits per heavy atom. The van der Waals surface area contributed by atoms with E-state index in [1.54, 1.807) is 0 Å². The molecule has 1 aliphatic rings. The molecule has 114 valence electrons. The van der Waals surface area contributed by atoms with Crippen molar-refractivity contribution >= 4 is 0 Å². The maximum absolute atomic E-state index is 2.51. The number of hydrogen-bond acceptors (Lipinski definition) is 0. The van der Waals surface area contributed by atoms with Crippen LogP contribution in [0.15, 0.2) is 0 Å². The summed E-state index contributed by atoms with van der Waals surface area (Å²) >= 11 is 0. The van der Waals surface area contributed by atoms with Crippen LogP contribution in [0.3, 0.4) is 0 Å². The lowest BCUT2D eigenvalue weighted by Gasteiger charge is -2.27. The first kappa shape index (κ1) is 17.1. The second-order valence-electron chi connectivity index (χ2n) is 6.99. The number of hydrogen-bond donors (Lipinski definition) is 0.